The zero-order valence-corrected chi connectivity index (χ0v) is 13.9. The molecule has 1 aromatic rings. The number of rotatable bonds is 4. The number of carboxylic acid groups (broad SMARTS) is 1. The molecule has 1 saturated heterocycles. The summed E-state index contributed by atoms with van der Waals surface area (Å²) >= 11 is 5.95. The number of carbonyl (C=O) groups is 2. The largest absolute Gasteiger partial charge is 0.496 e. The van der Waals surface area contributed by atoms with Crippen molar-refractivity contribution in [1.29, 1.82) is 0 Å². The fraction of sp³-hybridized carbons (Fsp3) is 0.385. The predicted molar refractivity (Wildman–Crippen MR) is 81.3 cm³/mol. The Hall–Kier alpha value is -1.84. The average Bonchev–Trinajstić information content (AvgIpc) is 2.45. The summed E-state index contributed by atoms with van der Waals surface area (Å²) in [7, 11) is -2.84. The van der Waals surface area contributed by atoms with Crippen LogP contribution < -0.4 is 10.1 Å². The molecule has 1 aromatic carbocycles. The van der Waals surface area contributed by atoms with Gasteiger partial charge in [0.15, 0.2) is 0 Å². The highest BCUT2D eigenvalue weighted by atomic mass is 35.5. The molecule has 1 aliphatic heterocycles. The lowest BCUT2D eigenvalue weighted by molar-refractivity contribution is -0.123. The van der Waals surface area contributed by atoms with Crippen molar-refractivity contribution in [2.45, 2.75) is 17.9 Å². The zero-order valence-electron chi connectivity index (χ0n) is 12.4. The van der Waals surface area contributed by atoms with Gasteiger partial charge in [0.1, 0.15) is 16.2 Å². The first kappa shape index (κ1) is 17.5. The molecule has 0 spiro atoms. The minimum absolute atomic E-state index is 0.0907. The molecular weight excluding hydrogens is 348 g/mol. The topological polar surface area (TPSA) is 113 Å². The predicted octanol–water partition coefficient (Wildman–Crippen LogP) is 0.556. The highest BCUT2D eigenvalue weighted by Gasteiger charge is 2.34. The van der Waals surface area contributed by atoms with Crippen LogP contribution in [0.15, 0.2) is 17.0 Å². The number of hydrogen-bond donors (Lipinski definition) is 2. The van der Waals surface area contributed by atoms with Gasteiger partial charge in [0.25, 0.3) is 0 Å². The second-order valence-electron chi connectivity index (χ2n) is 5.05. The molecule has 1 atom stereocenters. The Balaban J connectivity index is 2.51. The van der Waals surface area contributed by atoms with Crippen molar-refractivity contribution < 1.29 is 27.9 Å². The number of nitrogens with one attached hydrogen (secondary N) is 1. The summed E-state index contributed by atoms with van der Waals surface area (Å²) in [4.78, 5) is 22.4. The van der Waals surface area contributed by atoms with Gasteiger partial charge in [-0.25, -0.2) is 13.2 Å². The molecule has 2 N–H and O–H groups in total. The quantitative estimate of drug-likeness (QED) is 0.809. The molecule has 0 radical (unpaired) electrons. The molecule has 0 aliphatic carbocycles. The highest BCUT2D eigenvalue weighted by Crippen LogP contribution is 2.32. The second kappa shape index (κ2) is 6.34. The van der Waals surface area contributed by atoms with Crippen molar-refractivity contribution in [3.63, 3.8) is 0 Å². The lowest BCUT2D eigenvalue weighted by atomic mass is 10.2. The van der Waals surface area contributed by atoms with Gasteiger partial charge in [0, 0.05) is 18.7 Å². The Bertz CT molecular complexity index is 764. The van der Waals surface area contributed by atoms with Gasteiger partial charge in [-0.1, -0.05) is 11.6 Å². The molecule has 1 heterocycles. The van der Waals surface area contributed by atoms with Gasteiger partial charge >= 0.3 is 5.97 Å². The third-order valence-corrected chi connectivity index (χ3v) is 5.58. The van der Waals surface area contributed by atoms with Gasteiger partial charge in [-0.15, -0.1) is 0 Å². The molecule has 126 valence electrons. The van der Waals surface area contributed by atoms with Crippen molar-refractivity contribution in [2.75, 3.05) is 20.2 Å². The summed E-state index contributed by atoms with van der Waals surface area (Å²) < 4.78 is 31.3. The molecule has 10 heteroatoms. The first-order valence-electron chi connectivity index (χ1n) is 6.57. The van der Waals surface area contributed by atoms with Crippen LogP contribution in [0.3, 0.4) is 0 Å². The molecule has 1 unspecified atom stereocenters. The summed E-state index contributed by atoms with van der Waals surface area (Å²) in [6.07, 6.45) is 0. The fourth-order valence-corrected chi connectivity index (χ4v) is 4.29. The Kier molecular flexibility index (Phi) is 4.83. The number of piperazine rings is 1. The number of nitrogens with zero attached hydrogens (tertiary/aromatic N) is 1. The molecule has 23 heavy (non-hydrogen) atoms. The number of sulfonamides is 1. The highest BCUT2D eigenvalue weighted by molar-refractivity contribution is 7.89. The molecular formula is C13H15ClN2O6S. The molecule has 1 fully saturated rings. The van der Waals surface area contributed by atoms with E-state index in [1.54, 1.807) is 6.92 Å². The minimum Gasteiger partial charge on any atom is -0.496 e. The molecule has 0 saturated carbocycles. The first-order chi connectivity index (χ1) is 10.7. The SMILES string of the molecule is COc1cc(S(=O)(=O)N2CC(=O)NC(C)C2)c(Cl)cc1C(=O)O. The fourth-order valence-electron chi connectivity index (χ4n) is 2.29. The van der Waals surface area contributed by atoms with Crippen LogP contribution in [0.2, 0.25) is 5.02 Å². The molecule has 8 nitrogen and oxygen atoms in total. The van der Waals surface area contributed by atoms with E-state index in [0.717, 1.165) is 16.4 Å². The van der Waals surface area contributed by atoms with E-state index in [2.05, 4.69) is 5.32 Å². The molecule has 2 rings (SSSR count). The summed E-state index contributed by atoms with van der Waals surface area (Å²) in [6, 6.07) is 1.73. The number of amides is 1. The summed E-state index contributed by atoms with van der Waals surface area (Å²) in [6.45, 7) is 1.44. The maximum atomic E-state index is 12.7. The first-order valence-corrected chi connectivity index (χ1v) is 8.39. The van der Waals surface area contributed by atoms with Crippen LogP contribution in [0, 0.1) is 0 Å². The molecule has 1 aliphatic rings. The Morgan fingerprint density at radius 3 is 2.65 bits per heavy atom. The maximum Gasteiger partial charge on any atom is 0.339 e. The number of benzene rings is 1. The van der Waals surface area contributed by atoms with E-state index >= 15 is 0 Å². The summed E-state index contributed by atoms with van der Waals surface area (Å²) in [5.41, 5.74) is -0.249. The van der Waals surface area contributed by atoms with Gasteiger partial charge in [0.05, 0.1) is 18.7 Å². The van der Waals surface area contributed by atoms with E-state index in [1.807, 2.05) is 0 Å². The average molecular weight is 363 g/mol. The number of ether oxygens (including phenoxy) is 1. The van der Waals surface area contributed by atoms with Gasteiger partial charge < -0.3 is 15.2 Å². The molecule has 1 amide bonds. The van der Waals surface area contributed by atoms with Crippen LogP contribution in [0.1, 0.15) is 17.3 Å². The molecule has 0 bridgehead atoms. The Morgan fingerprint density at radius 2 is 2.13 bits per heavy atom. The Morgan fingerprint density at radius 1 is 1.48 bits per heavy atom. The number of methoxy groups -OCH3 is 1. The minimum atomic E-state index is -4.07. The number of aromatic carboxylic acids is 1. The Labute approximate surface area is 138 Å². The van der Waals surface area contributed by atoms with Gasteiger partial charge in [-0.05, 0) is 13.0 Å². The monoisotopic (exact) mass is 362 g/mol. The number of hydrogen-bond acceptors (Lipinski definition) is 5. The van der Waals surface area contributed by atoms with Crippen LogP contribution in [0.4, 0.5) is 0 Å². The van der Waals surface area contributed by atoms with E-state index in [-0.39, 0.29) is 40.4 Å². The normalized spacial score (nSPS) is 19.3. The lowest BCUT2D eigenvalue weighted by Crippen LogP contribution is -2.54. The number of carbonyl (C=O) groups excluding carboxylic acids is 1. The zero-order chi connectivity index (χ0) is 17.4. The standard InChI is InChI=1S/C13H15ClN2O6S/c1-7-5-16(6-12(17)15-7)23(20,21)11-4-10(22-2)8(13(18)19)3-9(11)14/h3-4,7H,5-6H2,1-2H3,(H,15,17)(H,18,19). The van der Waals surface area contributed by atoms with E-state index in [9.17, 15) is 18.0 Å². The van der Waals surface area contributed by atoms with E-state index in [4.69, 9.17) is 21.4 Å². The van der Waals surface area contributed by atoms with Crippen LogP contribution in [-0.2, 0) is 14.8 Å². The van der Waals surface area contributed by atoms with E-state index < -0.39 is 21.9 Å². The van der Waals surface area contributed by atoms with Gasteiger partial charge in [-0.3, -0.25) is 4.79 Å². The van der Waals surface area contributed by atoms with Crippen molar-refractivity contribution in [2.24, 2.45) is 0 Å². The van der Waals surface area contributed by atoms with Crippen LogP contribution in [-0.4, -0.2) is 55.9 Å². The summed E-state index contributed by atoms with van der Waals surface area (Å²) in [5, 5.41) is 11.4. The van der Waals surface area contributed by atoms with Gasteiger partial charge in [0.2, 0.25) is 15.9 Å². The summed E-state index contributed by atoms with van der Waals surface area (Å²) in [5.74, 6) is -1.84. The third-order valence-electron chi connectivity index (χ3n) is 3.31. The lowest BCUT2D eigenvalue weighted by Gasteiger charge is -2.30. The van der Waals surface area contributed by atoms with E-state index in [1.165, 1.54) is 7.11 Å². The number of halogens is 1. The van der Waals surface area contributed by atoms with Crippen LogP contribution >= 0.6 is 11.6 Å². The van der Waals surface area contributed by atoms with Crippen molar-refractivity contribution in [1.82, 2.24) is 9.62 Å². The van der Waals surface area contributed by atoms with Crippen molar-refractivity contribution >= 4 is 33.5 Å². The van der Waals surface area contributed by atoms with Crippen LogP contribution in [0.25, 0.3) is 0 Å². The second-order valence-corrected chi connectivity index (χ2v) is 7.37. The third kappa shape index (κ3) is 3.41. The smallest absolute Gasteiger partial charge is 0.339 e. The number of carboxylic acids is 1. The van der Waals surface area contributed by atoms with Gasteiger partial charge in [-0.2, -0.15) is 4.31 Å². The van der Waals surface area contributed by atoms with Crippen molar-refractivity contribution in [3.05, 3.63) is 22.7 Å². The van der Waals surface area contributed by atoms with Crippen LogP contribution in [0.5, 0.6) is 5.75 Å². The molecule has 0 aromatic heterocycles. The maximum absolute atomic E-state index is 12.7. The van der Waals surface area contributed by atoms with E-state index in [0.29, 0.717) is 0 Å². The van der Waals surface area contributed by atoms with Crippen molar-refractivity contribution in [3.8, 4) is 5.75 Å².